The van der Waals surface area contributed by atoms with Crippen molar-refractivity contribution in [3.05, 3.63) is 76.3 Å². The molecule has 0 radical (unpaired) electrons. The molecule has 0 N–H and O–H groups in total. The van der Waals surface area contributed by atoms with Crippen LogP contribution in [0.1, 0.15) is 49.1 Å². The molecule has 0 saturated heterocycles. The van der Waals surface area contributed by atoms with Crippen LogP contribution >= 0.6 is 0 Å². The van der Waals surface area contributed by atoms with Crippen LogP contribution in [-0.4, -0.2) is 17.6 Å². The Bertz CT molecular complexity index is 1110. The third-order valence-corrected chi connectivity index (χ3v) is 4.89. The van der Waals surface area contributed by atoms with Crippen molar-refractivity contribution in [1.82, 2.24) is 0 Å². The maximum atomic E-state index is 13.2. The predicted molar refractivity (Wildman–Crippen MR) is 101 cm³/mol. The van der Waals surface area contributed by atoms with Gasteiger partial charge in [-0.15, -0.1) is 0 Å². The second-order valence-electron chi connectivity index (χ2n) is 6.68. The van der Waals surface area contributed by atoms with E-state index in [1.165, 1.54) is 11.8 Å². The average molecular weight is 343 g/mol. The molecule has 1 aliphatic heterocycles. The summed E-state index contributed by atoms with van der Waals surface area (Å²) in [5.74, 6) is -0.810. The summed E-state index contributed by atoms with van der Waals surface area (Å²) in [5.41, 5.74) is 3.84. The Balaban J connectivity index is 2.02. The van der Waals surface area contributed by atoms with E-state index < -0.39 is 0 Å². The molecule has 4 rings (SSSR count). The number of carbonyl (C=O) groups excluding carboxylic acids is 3. The lowest BCUT2D eigenvalue weighted by Crippen LogP contribution is -2.41. The fourth-order valence-corrected chi connectivity index (χ4v) is 3.58. The van der Waals surface area contributed by atoms with Crippen molar-refractivity contribution in [3.63, 3.8) is 0 Å². The molecule has 0 atom stereocenters. The summed E-state index contributed by atoms with van der Waals surface area (Å²) in [5, 5.41) is 1.21. The molecule has 0 spiro atoms. The van der Waals surface area contributed by atoms with Gasteiger partial charge in [-0.25, -0.2) is 4.90 Å². The molecule has 1 heterocycles. The Kier molecular flexibility index (Phi) is 3.51. The highest BCUT2D eigenvalue weighted by Crippen LogP contribution is 2.35. The zero-order chi connectivity index (χ0) is 18.6. The van der Waals surface area contributed by atoms with Crippen molar-refractivity contribution in [2.45, 2.75) is 20.8 Å². The van der Waals surface area contributed by atoms with Crippen LogP contribution in [0.15, 0.2) is 48.5 Å². The summed E-state index contributed by atoms with van der Waals surface area (Å²) in [6, 6.07) is 14.3. The Hall–Kier alpha value is -3.27. The van der Waals surface area contributed by atoms with Gasteiger partial charge in [-0.3, -0.25) is 14.4 Å². The van der Waals surface area contributed by atoms with Crippen molar-refractivity contribution in [1.29, 1.82) is 0 Å². The van der Waals surface area contributed by atoms with Crippen LogP contribution in [0.25, 0.3) is 10.8 Å². The standard InChI is InChI=1S/C22H17NO3/c1-12-7-8-13(2)19(11-12)23-21(25)17-6-4-5-16-15(14(3)24)9-10-18(20(16)17)22(23)26/h4-11H,1-3H3. The lowest BCUT2D eigenvalue weighted by atomic mass is 9.90. The van der Waals surface area contributed by atoms with Crippen molar-refractivity contribution in [2.75, 3.05) is 4.90 Å². The van der Waals surface area contributed by atoms with Crippen LogP contribution in [0.2, 0.25) is 0 Å². The highest BCUT2D eigenvalue weighted by Gasteiger charge is 2.35. The topological polar surface area (TPSA) is 54.5 Å². The first-order chi connectivity index (χ1) is 12.4. The van der Waals surface area contributed by atoms with E-state index in [0.717, 1.165) is 11.1 Å². The highest BCUT2D eigenvalue weighted by atomic mass is 16.2. The SMILES string of the molecule is CC(=O)c1ccc2c3c(cccc13)C(=O)N(c1cc(C)ccc1C)C2=O. The number of aryl methyl sites for hydroxylation is 2. The van der Waals surface area contributed by atoms with Gasteiger partial charge in [0.1, 0.15) is 0 Å². The molecule has 1 aliphatic rings. The van der Waals surface area contributed by atoms with Crippen LogP contribution in [0.3, 0.4) is 0 Å². The first kappa shape index (κ1) is 16.2. The molecule has 0 aromatic heterocycles. The van der Waals surface area contributed by atoms with E-state index in [-0.39, 0.29) is 17.6 Å². The molecule has 0 aliphatic carbocycles. The summed E-state index contributed by atoms with van der Waals surface area (Å²) >= 11 is 0. The second-order valence-corrected chi connectivity index (χ2v) is 6.68. The minimum atomic E-state index is -0.359. The molecular weight excluding hydrogens is 326 g/mol. The Labute approximate surface area is 151 Å². The molecule has 2 amide bonds. The molecule has 0 fully saturated rings. The molecule has 128 valence electrons. The van der Waals surface area contributed by atoms with Gasteiger partial charge in [0.2, 0.25) is 0 Å². The lowest BCUT2D eigenvalue weighted by Gasteiger charge is -2.29. The van der Waals surface area contributed by atoms with Gasteiger partial charge in [-0.2, -0.15) is 0 Å². The summed E-state index contributed by atoms with van der Waals surface area (Å²) in [6.45, 7) is 5.29. The van der Waals surface area contributed by atoms with Crippen LogP contribution in [0, 0.1) is 13.8 Å². The van der Waals surface area contributed by atoms with Gasteiger partial charge in [0.25, 0.3) is 11.8 Å². The van der Waals surface area contributed by atoms with Crippen LogP contribution in [0.5, 0.6) is 0 Å². The molecule has 4 heteroatoms. The largest absolute Gasteiger partial charge is 0.294 e. The third-order valence-electron chi connectivity index (χ3n) is 4.89. The quantitative estimate of drug-likeness (QED) is 0.510. The van der Waals surface area contributed by atoms with E-state index in [2.05, 4.69) is 0 Å². The fourth-order valence-electron chi connectivity index (χ4n) is 3.58. The van der Waals surface area contributed by atoms with Crippen molar-refractivity contribution >= 4 is 34.1 Å². The summed E-state index contributed by atoms with van der Waals surface area (Å²) in [4.78, 5) is 39.5. The minimum absolute atomic E-state index is 0.0921. The number of benzene rings is 3. The van der Waals surface area contributed by atoms with Crippen molar-refractivity contribution in [2.24, 2.45) is 0 Å². The average Bonchev–Trinajstić information content (AvgIpc) is 2.62. The van der Waals surface area contributed by atoms with E-state index in [1.54, 1.807) is 30.3 Å². The molecule has 3 aromatic rings. The lowest BCUT2D eigenvalue weighted by molar-refractivity contribution is 0.0891. The number of imide groups is 1. The summed E-state index contributed by atoms with van der Waals surface area (Å²) in [6.07, 6.45) is 0. The number of nitrogens with zero attached hydrogens (tertiary/aromatic N) is 1. The zero-order valence-electron chi connectivity index (χ0n) is 14.8. The maximum absolute atomic E-state index is 13.2. The van der Waals surface area contributed by atoms with E-state index in [0.29, 0.717) is 33.2 Å². The Morgan fingerprint density at radius 2 is 1.58 bits per heavy atom. The van der Waals surface area contributed by atoms with Crippen molar-refractivity contribution < 1.29 is 14.4 Å². The zero-order valence-corrected chi connectivity index (χ0v) is 14.8. The van der Waals surface area contributed by atoms with E-state index in [9.17, 15) is 14.4 Å². The molecular formula is C22H17NO3. The Morgan fingerprint density at radius 1 is 0.885 bits per heavy atom. The summed E-state index contributed by atoms with van der Waals surface area (Å²) < 4.78 is 0. The number of ketones is 1. The fraction of sp³-hybridized carbons (Fsp3) is 0.136. The molecule has 0 unspecified atom stereocenters. The van der Waals surface area contributed by atoms with Gasteiger partial charge < -0.3 is 0 Å². The molecule has 0 bridgehead atoms. The van der Waals surface area contributed by atoms with Gasteiger partial charge in [-0.1, -0.05) is 24.3 Å². The first-order valence-electron chi connectivity index (χ1n) is 8.43. The van der Waals surface area contributed by atoms with Crippen molar-refractivity contribution in [3.8, 4) is 0 Å². The number of anilines is 1. The van der Waals surface area contributed by atoms with Crippen LogP contribution in [-0.2, 0) is 0 Å². The van der Waals surface area contributed by atoms with E-state index >= 15 is 0 Å². The van der Waals surface area contributed by atoms with Gasteiger partial charge >= 0.3 is 0 Å². The predicted octanol–water partition coefficient (Wildman–Crippen LogP) is 4.46. The molecule has 4 nitrogen and oxygen atoms in total. The van der Waals surface area contributed by atoms with Gasteiger partial charge in [-0.05, 0) is 61.5 Å². The highest BCUT2D eigenvalue weighted by molar-refractivity contribution is 6.36. The first-order valence-corrected chi connectivity index (χ1v) is 8.43. The smallest absolute Gasteiger partial charge is 0.265 e. The van der Waals surface area contributed by atoms with Crippen LogP contribution < -0.4 is 4.90 Å². The normalized spacial score (nSPS) is 13.4. The van der Waals surface area contributed by atoms with Gasteiger partial charge in [0.05, 0.1) is 5.69 Å². The number of carbonyl (C=O) groups is 3. The number of Topliss-reactive ketones (excluding diaryl/α,β-unsaturated/α-hetero) is 1. The number of hydrogen-bond acceptors (Lipinski definition) is 3. The number of amides is 2. The third kappa shape index (κ3) is 2.19. The van der Waals surface area contributed by atoms with E-state index in [1.807, 2.05) is 32.0 Å². The second kappa shape index (κ2) is 5.63. The van der Waals surface area contributed by atoms with Gasteiger partial charge in [0.15, 0.2) is 5.78 Å². The van der Waals surface area contributed by atoms with Crippen LogP contribution in [0.4, 0.5) is 5.69 Å². The number of rotatable bonds is 2. The molecule has 0 saturated carbocycles. The Morgan fingerprint density at radius 3 is 2.27 bits per heavy atom. The summed E-state index contributed by atoms with van der Waals surface area (Å²) in [7, 11) is 0. The van der Waals surface area contributed by atoms with E-state index in [4.69, 9.17) is 0 Å². The minimum Gasteiger partial charge on any atom is -0.294 e. The maximum Gasteiger partial charge on any atom is 0.265 e. The molecule has 3 aromatic carbocycles. The monoisotopic (exact) mass is 343 g/mol. The number of hydrogen-bond donors (Lipinski definition) is 0. The molecule has 26 heavy (non-hydrogen) atoms. The van der Waals surface area contributed by atoms with Gasteiger partial charge in [0, 0.05) is 22.1 Å².